The van der Waals surface area contributed by atoms with Crippen molar-refractivity contribution in [3.63, 3.8) is 0 Å². The highest BCUT2D eigenvalue weighted by atomic mass is 31.2. The molecule has 0 unspecified atom stereocenters. The van der Waals surface area contributed by atoms with Gasteiger partial charge in [0, 0.05) is 12.3 Å². The minimum absolute atomic E-state index is 0.00367. The van der Waals surface area contributed by atoms with E-state index in [0.717, 1.165) is 0 Å². The van der Waals surface area contributed by atoms with Crippen molar-refractivity contribution in [2.75, 3.05) is 6.61 Å². The molecule has 0 saturated carbocycles. The van der Waals surface area contributed by atoms with Crippen LogP contribution in [0.1, 0.15) is 13.3 Å². The molecule has 2 aliphatic rings. The van der Waals surface area contributed by atoms with Crippen LogP contribution in [-0.4, -0.2) is 39.2 Å². The highest BCUT2D eigenvalue weighted by Crippen LogP contribution is 2.47. The smallest absolute Gasteiger partial charge is 0.391 e. The van der Waals surface area contributed by atoms with Crippen molar-refractivity contribution in [3.05, 3.63) is 24.1 Å². The standard InChI is InChI=1S/C11H14NO6P/c1-3-4-17-11(14)9-10(18-19(15)16)6(2)7-5-8(13)12(7)9/h3,6-7,15-16H,1,4-5H2,2H3/t6-,7+/m1/s1. The summed E-state index contributed by atoms with van der Waals surface area (Å²) >= 11 is 0. The van der Waals surface area contributed by atoms with Crippen LogP contribution < -0.4 is 0 Å². The van der Waals surface area contributed by atoms with Crippen molar-refractivity contribution in [2.45, 2.75) is 19.4 Å². The second-order valence-electron chi connectivity index (χ2n) is 4.27. The predicted octanol–water partition coefficient (Wildman–Crippen LogP) is 0.406. The maximum Gasteiger partial charge on any atom is 0.391 e. The molecule has 2 heterocycles. The molecule has 0 aromatic rings. The molecule has 0 aromatic carbocycles. The van der Waals surface area contributed by atoms with Crippen LogP contribution >= 0.6 is 8.60 Å². The first-order valence-corrected chi connectivity index (χ1v) is 6.84. The van der Waals surface area contributed by atoms with Gasteiger partial charge in [0.05, 0.1) is 6.04 Å². The van der Waals surface area contributed by atoms with Crippen LogP contribution in [0.5, 0.6) is 0 Å². The third-order valence-corrected chi connectivity index (χ3v) is 3.51. The molecule has 1 fully saturated rings. The molecule has 8 heteroatoms. The van der Waals surface area contributed by atoms with E-state index in [0.29, 0.717) is 6.42 Å². The molecule has 1 amide bonds. The number of rotatable bonds is 5. The molecule has 1 saturated heterocycles. The van der Waals surface area contributed by atoms with Crippen LogP contribution in [0.15, 0.2) is 24.1 Å². The Bertz CT molecular complexity index is 460. The van der Waals surface area contributed by atoms with Crippen molar-refractivity contribution in [1.29, 1.82) is 0 Å². The maximum absolute atomic E-state index is 11.9. The first kappa shape index (κ1) is 14.0. The SMILES string of the molecule is C=CCOC(=O)C1=C(OP(O)O)[C@H](C)[C@@H]2CC(=O)N12. The number of carbonyl (C=O) groups is 2. The predicted molar refractivity (Wildman–Crippen MR) is 65.0 cm³/mol. The summed E-state index contributed by atoms with van der Waals surface area (Å²) in [5.74, 6) is -1.11. The number of hydrogen-bond acceptors (Lipinski definition) is 6. The van der Waals surface area contributed by atoms with E-state index < -0.39 is 14.6 Å². The zero-order valence-corrected chi connectivity index (χ0v) is 11.2. The van der Waals surface area contributed by atoms with Crippen LogP contribution in [0.4, 0.5) is 0 Å². The van der Waals surface area contributed by atoms with E-state index >= 15 is 0 Å². The number of fused-ring (bicyclic) bond motifs is 1. The van der Waals surface area contributed by atoms with Gasteiger partial charge in [0.15, 0.2) is 5.70 Å². The quantitative estimate of drug-likeness (QED) is 0.329. The topological polar surface area (TPSA) is 96.3 Å². The summed E-state index contributed by atoms with van der Waals surface area (Å²) in [6.07, 6.45) is 1.71. The lowest BCUT2D eigenvalue weighted by Gasteiger charge is -2.37. The second-order valence-corrected chi connectivity index (χ2v) is 4.96. The van der Waals surface area contributed by atoms with Gasteiger partial charge >= 0.3 is 14.6 Å². The Labute approximate surface area is 111 Å². The Morgan fingerprint density at radius 3 is 2.84 bits per heavy atom. The molecular weight excluding hydrogens is 273 g/mol. The van der Waals surface area contributed by atoms with Crippen LogP contribution in [-0.2, 0) is 18.8 Å². The Hall–Kier alpha value is -1.43. The zero-order valence-electron chi connectivity index (χ0n) is 10.3. The zero-order chi connectivity index (χ0) is 14.2. The summed E-state index contributed by atoms with van der Waals surface area (Å²) in [7, 11) is -2.65. The molecule has 2 N–H and O–H groups in total. The van der Waals surface area contributed by atoms with E-state index in [4.69, 9.17) is 19.0 Å². The molecule has 0 bridgehead atoms. The Morgan fingerprint density at radius 2 is 2.32 bits per heavy atom. The highest BCUT2D eigenvalue weighted by Gasteiger charge is 2.53. The number of hydrogen-bond donors (Lipinski definition) is 2. The van der Waals surface area contributed by atoms with E-state index in [-0.39, 0.29) is 35.9 Å². The summed E-state index contributed by atoms with van der Waals surface area (Å²) in [5, 5.41) is 0. The Morgan fingerprint density at radius 1 is 1.63 bits per heavy atom. The average Bonchev–Trinajstić information content (AvgIpc) is 2.56. The van der Waals surface area contributed by atoms with E-state index in [2.05, 4.69) is 6.58 Å². The first-order chi connectivity index (χ1) is 8.97. The number of nitrogens with zero attached hydrogens (tertiary/aromatic N) is 1. The fraction of sp³-hybridized carbons (Fsp3) is 0.455. The second kappa shape index (κ2) is 5.28. The molecule has 0 radical (unpaired) electrons. The van der Waals surface area contributed by atoms with Crippen molar-refractivity contribution < 1.29 is 28.6 Å². The van der Waals surface area contributed by atoms with Crippen LogP contribution in [0, 0.1) is 5.92 Å². The minimum atomic E-state index is -2.65. The molecule has 104 valence electrons. The van der Waals surface area contributed by atoms with E-state index in [9.17, 15) is 9.59 Å². The molecule has 2 rings (SSSR count). The highest BCUT2D eigenvalue weighted by molar-refractivity contribution is 7.39. The molecule has 2 aliphatic heterocycles. The number of ether oxygens (including phenoxy) is 1. The molecule has 19 heavy (non-hydrogen) atoms. The largest absolute Gasteiger partial charge is 0.457 e. The number of amides is 1. The number of β-lactam (4-membered cyclic amide) rings is 1. The van der Waals surface area contributed by atoms with Crippen LogP contribution in [0.2, 0.25) is 0 Å². The lowest BCUT2D eigenvalue weighted by molar-refractivity contribution is -0.150. The Balaban J connectivity index is 2.29. The average molecular weight is 287 g/mol. The Kier molecular flexibility index (Phi) is 3.89. The fourth-order valence-electron chi connectivity index (χ4n) is 2.26. The molecule has 7 nitrogen and oxygen atoms in total. The van der Waals surface area contributed by atoms with E-state index in [1.807, 2.05) is 0 Å². The van der Waals surface area contributed by atoms with E-state index in [1.54, 1.807) is 6.92 Å². The van der Waals surface area contributed by atoms with Crippen LogP contribution in [0.25, 0.3) is 0 Å². The van der Waals surface area contributed by atoms with E-state index in [1.165, 1.54) is 11.0 Å². The summed E-state index contributed by atoms with van der Waals surface area (Å²) in [5.41, 5.74) is -0.0359. The summed E-state index contributed by atoms with van der Waals surface area (Å²) < 4.78 is 9.79. The van der Waals surface area contributed by atoms with Crippen molar-refractivity contribution in [1.82, 2.24) is 4.90 Å². The minimum Gasteiger partial charge on any atom is -0.457 e. The lowest BCUT2D eigenvalue weighted by Crippen LogP contribution is -2.51. The van der Waals surface area contributed by atoms with Gasteiger partial charge in [0.1, 0.15) is 12.4 Å². The molecule has 2 atom stereocenters. The third-order valence-electron chi connectivity index (χ3n) is 3.15. The first-order valence-electron chi connectivity index (χ1n) is 5.67. The summed E-state index contributed by atoms with van der Waals surface area (Å²) in [6.45, 7) is 5.18. The van der Waals surface area contributed by atoms with Gasteiger partial charge in [-0.25, -0.2) is 4.79 Å². The monoisotopic (exact) mass is 287 g/mol. The number of carbonyl (C=O) groups excluding carboxylic acids is 2. The van der Waals surface area contributed by atoms with Gasteiger partial charge in [0.2, 0.25) is 5.91 Å². The summed E-state index contributed by atoms with van der Waals surface area (Å²) in [6, 6.07) is -0.177. The molecule has 0 spiro atoms. The van der Waals surface area contributed by atoms with Gasteiger partial charge in [-0.05, 0) is 0 Å². The van der Waals surface area contributed by atoms with Gasteiger partial charge in [-0.3, -0.25) is 9.69 Å². The lowest BCUT2D eigenvalue weighted by atomic mass is 9.93. The molecule has 0 aliphatic carbocycles. The normalized spacial score (nSPS) is 25.3. The van der Waals surface area contributed by atoms with Gasteiger partial charge in [-0.15, -0.1) is 0 Å². The number of esters is 1. The third kappa shape index (κ3) is 2.36. The fourth-order valence-corrected chi connectivity index (χ4v) is 2.69. The van der Waals surface area contributed by atoms with Crippen LogP contribution in [0.3, 0.4) is 0 Å². The molecule has 0 aromatic heterocycles. The summed E-state index contributed by atoms with van der Waals surface area (Å²) in [4.78, 5) is 42.7. The van der Waals surface area contributed by atoms with Crippen molar-refractivity contribution in [2.24, 2.45) is 5.92 Å². The van der Waals surface area contributed by atoms with Gasteiger partial charge in [-0.2, -0.15) is 0 Å². The van der Waals surface area contributed by atoms with Crippen molar-refractivity contribution >= 4 is 20.5 Å². The van der Waals surface area contributed by atoms with Gasteiger partial charge < -0.3 is 19.0 Å². The van der Waals surface area contributed by atoms with Gasteiger partial charge in [0.25, 0.3) is 0 Å². The van der Waals surface area contributed by atoms with Gasteiger partial charge in [-0.1, -0.05) is 19.6 Å². The van der Waals surface area contributed by atoms with Crippen molar-refractivity contribution in [3.8, 4) is 0 Å². The molecular formula is C11H14NO6P. The maximum atomic E-state index is 11.9.